The van der Waals surface area contributed by atoms with Gasteiger partial charge in [-0.1, -0.05) is 6.42 Å². The molecule has 18 N–H and O–H groups in total. The summed E-state index contributed by atoms with van der Waals surface area (Å²) in [4.78, 5) is 118. The number of nitrogens with zero attached hydrogens (tertiary/aromatic N) is 1. The summed E-state index contributed by atoms with van der Waals surface area (Å²) in [7, 11) is 0. The van der Waals surface area contributed by atoms with Gasteiger partial charge in [-0.15, -0.1) is 0 Å². The van der Waals surface area contributed by atoms with Crippen LogP contribution in [0, 0.1) is 0 Å². The number of hydrogen-bond acceptors (Lipinski definition) is 14. The highest BCUT2D eigenvalue weighted by molar-refractivity contribution is 5.97. The van der Waals surface area contributed by atoms with Gasteiger partial charge in [-0.2, -0.15) is 0 Å². The summed E-state index contributed by atoms with van der Waals surface area (Å²) in [5.74, 6) is -9.55. The van der Waals surface area contributed by atoms with E-state index < -0.39 is 128 Å². The molecule has 296 valence electrons. The average Bonchev–Trinajstić information content (AvgIpc) is 3.62. The van der Waals surface area contributed by atoms with Gasteiger partial charge in [0.2, 0.25) is 47.3 Å². The van der Waals surface area contributed by atoms with Gasteiger partial charge in [-0.25, -0.2) is 9.78 Å². The molecule has 6 atom stereocenters. The minimum absolute atomic E-state index is 0.274. The Labute approximate surface area is 302 Å². The van der Waals surface area contributed by atoms with Crippen LogP contribution in [0.3, 0.4) is 0 Å². The molecule has 0 radical (unpaired) electrons. The molecule has 0 aromatic carbocycles. The number of H-pyrrole nitrogens is 1. The third-order valence-corrected chi connectivity index (χ3v) is 7.32. The summed E-state index contributed by atoms with van der Waals surface area (Å²) in [5, 5.41) is 42.0. The number of primary amides is 2. The van der Waals surface area contributed by atoms with Crippen molar-refractivity contribution in [1.29, 1.82) is 0 Å². The zero-order chi connectivity index (χ0) is 40.1. The van der Waals surface area contributed by atoms with Gasteiger partial charge in [-0.05, 0) is 25.8 Å². The van der Waals surface area contributed by atoms with Crippen molar-refractivity contribution in [2.45, 2.75) is 81.2 Å². The molecule has 8 amide bonds. The first-order valence-corrected chi connectivity index (χ1v) is 16.2. The second-order valence-corrected chi connectivity index (χ2v) is 11.6. The topological polar surface area (TPSA) is 419 Å². The number of carbonyl (C=O) groups is 9. The third-order valence-electron chi connectivity index (χ3n) is 7.32. The van der Waals surface area contributed by atoms with Crippen LogP contribution >= 0.6 is 0 Å². The minimum atomic E-state index is -1.76. The second kappa shape index (κ2) is 23.7. The minimum Gasteiger partial charge on any atom is -0.480 e. The van der Waals surface area contributed by atoms with Gasteiger partial charge in [-0.3, -0.25) is 38.4 Å². The Kier molecular flexibility index (Phi) is 20.3. The Morgan fingerprint density at radius 2 is 1.28 bits per heavy atom. The molecular formula is C29H48N12O12. The quantitative estimate of drug-likeness (QED) is 0.0390. The lowest BCUT2D eigenvalue weighted by molar-refractivity contribution is -0.142. The Bertz CT molecular complexity index is 1430. The van der Waals surface area contributed by atoms with Gasteiger partial charge in [0.25, 0.3) is 0 Å². The van der Waals surface area contributed by atoms with Crippen LogP contribution in [-0.4, -0.2) is 141 Å². The van der Waals surface area contributed by atoms with E-state index in [0.29, 0.717) is 19.4 Å². The average molecular weight is 757 g/mol. The van der Waals surface area contributed by atoms with Crippen molar-refractivity contribution in [3.8, 4) is 0 Å². The van der Waals surface area contributed by atoms with Crippen LogP contribution in [0.4, 0.5) is 0 Å². The summed E-state index contributed by atoms with van der Waals surface area (Å²) < 4.78 is 0. The molecule has 0 saturated heterocycles. The number of imidazole rings is 1. The molecule has 0 aliphatic heterocycles. The maximum Gasteiger partial charge on any atom is 0.326 e. The lowest BCUT2D eigenvalue weighted by Crippen LogP contribution is -2.59. The van der Waals surface area contributed by atoms with E-state index in [-0.39, 0.29) is 18.5 Å². The normalized spacial score (nSPS) is 14.2. The third kappa shape index (κ3) is 17.4. The monoisotopic (exact) mass is 756 g/mol. The molecule has 1 rings (SSSR count). The number of rotatable bonds is 26. The smallest absolute Gasteiger partial charge is 0.326 e. The first-order valence-electron chi connectivity index (χ1n) is 16.2. The van der Waals surface area contributed by atoms with Crippen LogP contribution in [0.1, 0.15) is 44.2 Å². The summed E-state index contributed by atoms with van der Waals surface area (Å²) in [6.45, 7) is -2.23. The Balaban J connectivity index is 2.99. The molecule has 0 aliphatic rings. The predicted molar refractivity (Wildman–Crippen MR) is 180 cm³/mol. The van der Waals surface area contributed by atoms with E-state index in [4.69, 9.17) is 22.9 Å². The fourth-order valence-electron chi connectivity index (χ4n) is 4.44. The largest absolute Gasteiger partial charge is 0.480 e. The molecule has 0 saturated carbocycles. The Hall–Kier alpha value is -5.72. The molecule has 0 spiro atoms. The highest BCUT2D eigenvalue weighted by Gasteiger charge is 2.33. The Morgan fingerprint density at radius 1 is 0.717 bits per heavy atom. The molecule has 0 fully saturated rings. The van der Waals surface area contributed by atoms with E-state index in [1.54, 1.807) is 0 Å². The highest BCUT2D eigenvalue weighted by atomic mass is 16.4. The maximum absolute atomic E-state index is 13.4. The van der Waals surface area contributed by atoms with E-state index in [1.165, 1.54) is 12.5 Å². The first kappa shape index (κ1) is 45.3. The number of aromatic nitrogens is 2. The fourth-order valence-corrected chi connectivity index (χ4v) is 4.44. The van der Waals surface area contributed by atoms with Gasteiger partial charge in [0.05, 0.1) is 38.5 Å². The van der Waals surface area contributed by atoms with Crippen LogP contribution in [0.5, 0.6) is 0 Å². The number of unbranched alkanes of at least 4 members (excludes halogenated alkanes) is 1. The Morgan fingerprint density at radius 3 is 1.83 bits per heavy atom. The second-order valence-electron chi connectivity index (χ2n) is 11.6. The molecule has 0 bridgehead atoms. The van der Waals surface area contributed by atoms with Gasteiger partial charge in [0.15, 0.2) is 0 Å². The number of amides is 8. The van der Waals surface area contributed by atoms with E-state index >= 15 is 0 Å². The van der Waals surface area contributed by atoms with Gasteiger partial charge < -0.3 is 75.1 Å². The summed E-state index contributed by atoms with van der Waals surface area (Å²) >= 11 is 0. The van der Waals surface area contributed by atoms with E-state index in [9.17, 15) is 58.5 Å². The molecule has 1 aromatic rings. The van der Waals surface area contributed by atoms with Crippen molar-refractivity contribution in [1.82, 2.24) is 41.9 Å². The van der Waals surface area contributed by atoms with Crippen molar-refractivity contribution in [3.63, 3.8) is 0 Å². The van der Waals surface area contributed by atoms with Gasteiger partial charge >= 0.3 is 5.97 Å². The number of hydrogen-bond donors (Lipinski definition) is 14. The summed E-state index contributed by atoms with van der Waals surface area (Å²) in [6.07, 6.45) is 2.05. The number of carboxylic acids is 1. The van der Waals surface area contributed by atoms with E-state index in [2.05, 4.69) is 41.9 Å². The van der Waals surface area contributed by atoms with Crippen molar-refractivity contribution >= 4 is 53.2 Å². The van der Waals surface area contributed by atoms with Crippen molar-refractivity contribution < 1.29 is 58.5 Å². The van der Waals surface area contributed by atoms with Crippen LogP contribution in [-0.2, 0) is 49.6 Å². The zero-order valence-corrected chi connectivity index (χ0v) is 28.7. The highest BCUT2D eigenvalue weighted by Crippen LogP contribution is 2.05. The first-order chi connectivity index (χ1) is 25.0. The van der Waals surface area contributed by atoms with Crippen LogP contribution in [0.15, 0.2) is 12.5 Å². The number of carboxylic acid groups (broad SMARTS) is 1. The number of aliphatic hydroxyl groups excluding tert-OH is 2. The number of nitrogens with two attached hydrogens (primary N) is 4. The van der Waals surface area contributed by atoms with Crippen molar-refractivity contribution in [3.05, 3.63) is 18.2 Å². The van der Waals surface area contributed by atoms with Crippen LogP contribution in [0.25, 0.3) is 0 Å². The SMILES string of the molecule is NCCCC[C@H](N)C(=O)N[C@@H](CO)C(=O)NCC(=O)N[C@@H](CO)C(=O)N[C@@H](Cc1cnc[nH]1)C(=O)N[C@@H](CC(N)=O)C(=O)N[C@@H](CCC(N)=O)C(=O)O. The fraction of sp³-hybridized carbons (Fsp3) is 0.586. The number of aliphatic carboxylic acids is 1. The van der Waals surface area contributed by atoms with Crippen molar-refractivity contribution in [2.24, 2.45) is 22.9 Å². The zero-order valence-electron chi connectivity index (χ0n) is 28.7. The van der Waals surface area contributed by atoms with E-state index in [1.807, 2.05) is 0 Å². The molecule has 24 nitrogen and oxygen atoms in total. The molecule has 1 heterocycles. The van der Waals surface area contributed by atoms with Crippen LogP contribution < -0.4 is 54.8 Å². The molecule has 24 heteroatoms. The number of aliphatic hydroxyl groups is 2. The van der Waals surface area contributed by atoms with Gasteiger partial charge in [0.1, 0.15) is 30.2 Å². The summed E-state index contributed by atoms with van der Waals surface area (Å²) in [6, 6.07) is -9.12. The molecular weight excluding hydrogens is 708 g/mol. The molecule has 0 aliphatic carbocycles. The summed E-state index contributed by atoms with van der Waals surface area (Å²) in [5.41, 5.74) is 21.7. The number of nitrogens with one attached hydrogen (secondary N) is 7. The molecule has 1 aromatic heterocycles. The molecule has 53 heavy (non-hydrogen) atoms. The lowest BCUT2D eigenvalue weighted by Gasteiger charge is -2.25. The van der Waals surface area contributed by atoms with E-state index in [0.717, 1.165) is 0 Å². The lowest BCUT2D eigenvalue weighted by atomic mass is 10.1. The van der Waals surface area contributed by atoms with Crippen molar-refractivity contribution in [2.75, 3.05) is 26.3 Å². The number of aromatic amines is 1. The van der Waals surface area contributed by atoms with Gasteiger partial charge in [0, 0.05) is 24.7 Å². The molecule has 0 unspecified atom stereocenters. The van der Waals surface area contributed by atoms with Crippen LogP contribution in [0.2, 0.25) is 0 Å². The predicted octanol–water partition coefficient (Wildman–Crippen LogP) is -7.84. The number of carbonyl (C=O) groups excluding carboxylic acids is 8. The standard InChI is InChI=1S/C29H48N12O12/c30-6-2-1-3-15(31)24(47)41-19(11-42)25(48)35-10-23(46)37-20(12-43)28(51)39-17(7-14-9-34-13-36-14)26(49)40-18(8-22(33)45)27(50)38-16(29(52)53)4-5-21(32)44/h9,13,15-20,42-43H,1-8,10-12,30-31H2,(H2,32,44)(H2,33,45)(H,34,36)(H,35,48)(H,37,46)(H,38,50)(H,39,51)(H,40,49)(H,41,47)(H,52,53)/t15-,16-,17-,18-,19-,20-/m0/s1. The maximum atomic E-state index is 13.4.